The van der Waals surface area contributed by atoms with Gasteiger partial charge in [-0.2, -0.15) is 0 Å². The van der Waals surface area contributed by atoms with E-state index >= 15 is 0 Å². The number of likely N-dealkylation sites (N-methyl/N-ethyl adjacent to an activating group) is 1. The van der Waals surface area contributed by atoms with E-state index in [4.69, 9.17) is 5.73 Å². The molecule has 2 atom stereocenters. The molecule has 21 heavy (non-hydrogen) atoms. The highest BCUT2D eigenvalue weighted by Gasteiger charge is 2.24. The van der Waals surface area contributed by atoms with Crippen molar-refractivity contribution < 1.29 is 9.18 Å². The Labute approximate surface area is 124 Å². The molecule has 0 aliphatic carbocycles. The van der Waals surface area contributed by atoms with Crippen molar-refractivity contribution in [3.8, 4) is 0 Å². The van der Waals surface area contributed by atoms with Gasteiger partial charge in [0.1, 0.15) is 11.9 Å². The summed E-state index contributed by atoms with van der Waals surface area (Å²) in [4.78, 5) is 14.0. The number of amides is 1. The topological polar surface area (TPSA) is 46.3 Å². The van der Waals surface area contributed by atoms with Crippen LogP contribution in [0.4, 0.5) is 4.39 Å². The maximum absolute atomic E-state index is 13.0. The number of nitrogens with zero attached hydrogens (tertiary/aromatic N) is 1. The van der Waals surface area contributed by atoms with Gasteiger partial charge in [-0.3, -0.25) is 4.79 Å². The zero-order chi connectivity index (χ0) is 15.4. The maximum atomic E-state index is 13.0. The van der Waals surface area contributed by atoms with Crippen molar-refractivity contribution in [2.45, 2.75) is 19.0 Å². The fourth-order valence-corrected chi connectivity index (χ4v) is 2.18. The van der Waals surface area contributed by atoms with E-state index in [-0.39, 0.29) is 17.8 Å². The summed E-state index contributed by atoms with van der Waals surface area (Å²) in [5, 5.41) is 0. The number of benzene rings is 2. The lowest BCUT2D eigenvalue weighted by Gasteiger charge is -2.28. The van der Waals surface area contributed by atoms with E-state index in [0.717, 1.165) is 11.1 Å². The molecule has 0 aromatic heterocycles. The van der Waals surface area contributed by atoms with Crippen molar-refractivity contribution in [3.05, 3.63) is 71.5 Å². The average Bonchev–Trinajstić information content (AvgIpc) is 2.53. The van der Waals surface area contributed by atoms with Gasteiger partial charge in [0.2, 0.25) is 5.91 Å². The second kappa shape index (κ2) is 6.50. The first-order chi connectivity index (χ1) is 10.0. The highest BCUT2D eigenvalue weighted by atomic mass is 19.1. The molecule has 2 N–H and O–H groups in total. The Balaban J connectivity index is 2.13. The third kappa shape index (κ3) is 3.47. The van der Waals surface area contributed by atoms with Gasteiger partial charge in [-0.05, 0) is 30.2 Å². The Morgan fingerprint density at radius 3 is 2.19 bits per heavy atom. The summed E-state index contributed by atoms with van der Waals surface area (Å²) in [6.45, 7) is 1.89. The van der Waals surface area contributed by atoms with E-state index in [9.17, 15) is 9.18 Å². The van der Waals surface area contributed by atoms with Gasteiger partial charge >= 0.3 is 0 Å². The number of carbonyl (C=O) groups excluding carboxylic acids is 1. The Morgan fingerprint density at radius 1 is 1.05 bits per heavy atom. The molecule has 2 aromatic rings. The van der Waals surface area contributed by atoms with Gasteiger partial charge in [-0.25, -0.2) is 4.39 Å². The molecule has 0 aliphatic heterocycles. The van der Waals surface area contributed by atoms with Gasteiger partial charge in [0, 0.05) is 7.05 Å². The lowest BCUT2D eigenvalue weighted by Crippen LogP contribution is -2.37. The molecule has 110 valence electrons. The van der Waals surface area contributed by atoms with Gasteiger partial charge in [0.15, 0.2) is 0 Å². The molecule has 2 aromatic carbocycles. The van der Waals surface area contributed by atoms with Gasteiger partial charge in [0.05, 0.1) is 6.04 Å². The molecular formula is C17H19FN2O. The molecule has 0 spiro atoms. The maximum Gasteiger partial charge on any atom is 0.244 e. The van der Waals surface area contributed by atoms with Crippen LogP contribution in [0.15, 0.2) is 54.6 Å². The fraction of sp³-hybridized carbons (Fsp3) is 0.235. The van der Waals surface area contributed by atoms with Crippen molar-refractivity contribution >= 4 is 5.91 Å². The second-order valence-corrected chi connectivity index (χ2v) is 5.07. The number of rotatable bonds is 4. The normalized spacial score (nSPS) is 13.5. The van der Waals surface area contributed by atoms with Crippen LogP contribution in [0, 0.1) is 5.82 Å². The van der Waals surface area contributed by atoms with Crippen LogP contribution in [0.2, 0.25) is 0 Å². The van der Waals surface area contributed by atoms with E-state index in [1.807, 2.05) is 37.3 Å². The van der Waals surface area contributed by atoms with Crippen molar-refractivity contribution in [3.63, 3.8) is 0 Å². The Morgan fingerprint density at radius 2 is 1.62 bits per heavy atom. The highest BCUT2D eigenvalue weighted by Crippen LogP contribution is 2.22. The van der Waals surface area contributed by atoms with E-state index in [1.165, 1.54) is 12.1 Å². The third-order valence-corrected chi connectivity index (χ3v) is 3.71. The number of hydrogen-bond acceptors (Lipinski definition) is 2. The Hall–Kier alpha value is -2.20. The molecule has 4 heteroatoms. The molecule has 0 heterocycles. The summed E-state index contributed by atoms with van der Waals surface area (Å²) >= 11 is 0. The summed E-state index contributed by atoms with van der Waals surface area (Å²) in [5.74, 6) is -0.459. The summed E-state index contributed by atoms with van der Waals surface area (Å²) in [5.41, 5.74) is 7.67. The highest BCUT2D eigenvalue weighted by molar-refractivity contribution is 5.83. The molecule has 0 aliphatic rings. The van der Waals surface area contributed by atoms with Crippen molar-refractivity contribution in [1.29, 1.82) is 0 Å². The zero-order valence-corrected chi connectivity index (χ0v) is 12.2. The molecule has 0 saturated carbocycles. The largest absolute Gasteiger partial charge is 0.337 e. The predicted molar refractivity (Wildman–Crippen MR) is 81.0 cm³/mol. The standard InChI is InChI=1S/C17H19FN2O/c1-12(13-8-10-15(18)11-9-13)20(2)17(21)16(19)14-6-4-3-5-7-14/h3-12,16H,19H2,1-2H3/t12?,16-/m0/s1. The van der Waals surface area contributed by atoms with Gasteiger partial charge in [-0.15, -0.1) is 0 Å². The molecule has 2 rings (SSSR count). The van der Waals surface area contributed by atoms with Crippen LogP contribution in [-0.4, -0.2) is 17.9 Å². The SMILES string of the molecule is CC(c1ccc(F)cc1)N(C)C(=O)[C@@H](N)c1ccccc1. The van der Waals surface area contributed by atoms with E-state index in [1.54, 1.807) is 24.1 Å². The molecular weight excluding hydrogens is 267 g/mol. The smallest absolute Gasteiger partial charge is 0.244 e. The fourth-order valence-electron chi connectivity index (χ4n) is 2.18. The summed E-state index contributed by atoms with van der Waals surface area (Å²) in [7, 11) is 1.71. The summed E-state index contributed by atoms with van der Waals surface area (Å²) < 4.78 is 13.0. The van der Waals surface area contributed by atoms with E-state index < -0.39 is 6.04 Å². The molecule has 0 fully saturated rings. The summed E-state index contributed by atoms with van der Waals surface area (Å²) in [6, 6.07) is 14.5. The van der Waals surface area contributed by atoms with Crippen LogP contribution >= 0.6 is 0 Å². The Bertz CT molecular complexity index is 598. The quantitative estimate of drug-likeness (QED) is 0.939. The first kappa shape index (κ1) is 15.2. The number of halogens is 1. The van der Waals surface area contributed by atoms with Crippen molar-refractivity contribution in [2.75, 3.05) is 7.05 Å². The number of nitrogens with two attached hydrogens (primary N) is 1. The number of hydrogen-bond donors (Lipinski definition) is 1. The van der Waals surface area contributed by atoms with Crippen LogP contribution in [0.5, 0.6) is 0 Å². The average molecular weight is 286 g/mol. The first-order valence-corrected chi connectivity index (χ1v) is 6.83. The van der Waals surface area contributed by atoms with Crippen LogP contribution in [0.1, 0.15) is 30.1 Å². The van der Waals surface area contributed by atoms with Crippen molar-refractivity contribution in [1.82, 2.24) is 4.90 Å². The second-order valence-electron chi connectivity index (χ2n) is 5.07. The van der Waals surface area contributed by atoms with Gasteiger partial charge in [0.25, 0.3) is 0 Å². The Kier molecular flexibility index (Phi) is 4.70. The first-order valence-electron chi connectivity index (χ1n) is 6.83. The molecule has 0 bridgehead atoms. The molecule has 0 radical (unpaired) electrons. The lowest BCUT2D eigenvalue weighted by atomic mass is 10.0. The van der Waals surface area contributed by atoms with Gasteiger partial charge in [-0.1, -0.05) is 42.5 Å². The minimum absolute atomic E-state index is 0.168. The van der Waals surface area contributed by atoms with Gasteiger partial charge < -0.3 is 10.6 Å². The van der Waals surface area contributed by atoms with Crippen LogP contribution < -0.4 is 5.73 Å². The van der Waals surface area contributed by atoms with Crippen LogP contribution in [-0.2, 0) is 4.79 Å². The van der Waals surface area contributed by atoms with E-state index in [2.05, 4.69) is 0 Å². The molecule has 0 saturated heterocycles. The van der Waals surface area contributed by atoms with Crippen molar-refractivity contribution in [2.24, 2.45) is 5.73 Å². The molecule has 3 nitrogen and oxygen atoms in total. The lowest BCUT2D eigenvalue weighted by molar-refractivity contribution is -0.133. The number of carbonyl (C=O) groups is 1. The van der Waals surface area contributed by atoms with Crippen LogP contribution in [0.3, 0.4) is 0 Å². The minimum Gasteiger partial charge on any atom is -0.337 e. The predicted octanol–water partition coefficient (Wildman–Crippen LogP) is 3.05. The third-order valence-electron chi connectivity index (χ3n) is 3.71. The summed E-state index contributed by atoms with van der Waals surface area (Å²) in [6.07, 6.45) is 0. The van der Waals surface area contributed by atoms with Crippen LogP contribution in [0.25, 0.3) is 0 Å². The molecule has 1 amide bonds. The zero-order valence-electron chi connectivity index (χ0n) is 12.2. The monoisotopic (exact) mass is 286 g/mol. The van der Waals surface area contributed by atoms with E-state index in [0.29, 0.717) is 0 Å². The minimum atomic E-state index is -0.695. The molecule has 1 unspecified atom stereocenters.